The van der Waals surface area contributed by atoms with E-state index in [1.807, 2.05) is 11.8 Å². The highest BCUT2D eigenvalue weighted by atomic mass is 32.2. The van der Waals surface area contributed by atoms with E-state index in [0.717, 1.165) is 6.42 Å². The zero-order valence-corrected chi connectivity index (χ0v) is 9.96. The number of rotatable bonds is 4. The lowest BCUT2D eigenvalue weighted by molar-refractivity contribution is -0.140. The zero-order chi connectivity index (χ0) is 11.5. The predicted molar refractivity (Wildman–Crippen MR) is 62.3 cm³/mol. The largest absolute Gasteiger partial charge is 0.481 e. The molecule has 2 rings (SSSR count). The lowest BCUT2D eigenvalue weighted by Gasteiger charge is -2.21. The van der Waals surface area contributed by atoms with Crippen LogP contribution in [0.1, 0.15) is 25.7 Å². The minimum absolute atomic E-state index is 0.0708. The summed E-state index contributed by atoms with van der Waals surface area (Å²) in [5.41, 5.74) is 0. The van der Waals surface area contributed by atoms with Crippen LogP contribution in [-0.4, -0.2) is 34.5 Å². The Morgan fingerprint density at radius 3 is 2.69 bits per heavy atom. The number of nitrogens with one attached hydrogen (secondary N) is 1. The summed E-state index contributed by atoms with van der Waals surface area (Å²) >= 11 is 1.91. The molecule has 5 heteroatoms. The maximum Gasteiger partial charge on any atom is 0.307 e. The first-order chi connectivity index (χ1) is 7.68. The monoisotopic (exact) mass is 243 g/mol. The Balaban J connectivity index is 1.66. The fraction of sp³-hybridized carbons (Fsp3) is 0.818. The average Bonchev–Trinajstić information content (AvgIpc) is 3.07. The predicted octanol–water partition coefficient (Wildman–Crippen LogP) is 1.11. The minimum atomic E-state index is -0.841. The van der Waals surface area contributed by atoms with Crippen molar-refractivity contribution < 1.29 is 14.7 Å². The fourth-order valence-electron chi connectivity index (χ4n) is 2.07. The van der Waals surface area contributed by atoms with Crippen LogP contribution < -0.4 is 5.32 Å². The SMILES string of the molecule is O=C(O)C1CC1C(=O)NCC1CCCCS1. The highest BCUT2D eigenvalue weighted by Gasteiger charge is 2.48. The Kier molecular flexibility index (Phi) is 3.74. The van der Waals surface area contributed by atoms with Crippen molar-refractivity contribution in [3.8, 4) is 0 Å². The van der Waals surface area contributed by atoms with Crippen LogP contribution in [0.4, 0.5) is 0 Å². The van der Waals surface area contributed by atoms with Crippen molar-refractivity contribution in [1.29, 1.82) is 0 Å². The summed E-state index contributed by atoms with van der Waals surface area (Å²) in [4.78, 5) is 22.2. The normalized spacial score (nSPS) is 33.1. The Morgan fingerprint density at radius 2 is 2.12 bits per heavy atom. The molecule has 0 aromatic heterocycles. The molecule has 0 aromatic carbocycles. The standard InChI is InChI=1S/C11H17NO3S/c13-10(8-5-9(8)11(14)15)12-6-7-3-1-2-4-16-7/h7-9H,1-6H2,(H,12,13)(H,14,15). The van der Waals surface area contributed by atoms with Crippen LogP contribution in [0.2, 0.25) is 0 Å². The molecule has 2 fully saturated rings. The van der Waals surface area contributed by atoms with Crippen LogP contribution in [0.15, 0.2) is 0 Å². The maximum absolute atomic E-state index is 11.6. The third-order valence-electron chi connectivity index (χ3n) is 3.22. The molecule has 3 atom stereocenters. The number of hydrogen-bond acceptors (Lipinski definition) is 3. The third kappa shape index (κ3) is 2.90. The highest BCUT2D eigenvalue weighted by Crippen LogP contribution is 2.38. The second-order valence-electron chi connectivity index (χ2n) is 4.52. The van der Waals surface area contributed by atoms with Crippen LogP contribution in [-0.2, 0) is 9.59 Å². The number of carboxylic acid groups (broad SMARTS) is 1. The lowest BCUT2D eigenvalue weighted by Crippen LogP contribution is -2.33. The van der Waals surface area contributed by atoms with Gasteiger partial charge in [0, 0.05) is 11.8 Å². The molecule has 0 bridgehead atoms. The topological polar surface area (TPSA) is 66.4 Å². The zero-order valence-electron chi connectivity index (χ0n) is 9.15. The van der Waals surface area contributed by atoms with Gasteiger partial charge < -0.3 is 10.4 Å². The number of aliphatic carboxylic acids is 1. The van der Waals surface area contributed by atoms with Crippen molar-refractivity contribution >= 4 is 23.6 Å². The van der Waals surface area contributed by atoms with Gasteiger partial charge in [-0.2, -0.15) is 11.8 Å². The molecule has 90 valence electrons. The Morgan fingerprint density at radius 1 is 1.31 bits per heavy atom. The molecule has 2 aliphatic rings. The molecule has 0 radical (unpaired) electrons. The van der Waals surface area contributed by atoms with Crippen molar-refractivity contribution in [2.24, 2.45) is 11.8 Å². The fourth-order valence-corrected chi connectivity index (χ4v) is 3.31. The Labute approximate surface area is 99.2 Å². The van der Waals surface area contributed by atoms with E-state index in [9.17, 15) is 9.59 Å². The summed E-state index contributed by atoms with van der Waals surface area (Å²) in [6.45, 7) is 0.701. The van der Waals surface area contributed by atoms with E-state index in [2.05, 4.69) is 5.32 Å². The van der Waals surface area contributed by atoms with Gasteiger partial charge in [-0.1, -0.05) is 6.42 Å². The molecule has 1 saturated carbocycles. The summed E-state index contributed by atoms with van der Waals surface area (Å²) in [5, 5.41) is 12.1. The molecule has 0 aromatic rings. The summed E-state index contributed by atoms with van der Waals surface area (Å²) in [5.74, 6) is -0.433. The van der Waals surface area contributed by atoms with E-state index in [4.69, 9.17) is 5.11 Å². The number of hydrogen-bond donors (Lipinski definition) is 2. The molecule has 1 aliphatic carbocycles. The van der Waals surface area contributed by atoms with E-state index in [-0.39, 0.29) is 11.8 Å². The molecule has 2 N–H and O–H groups in total. The van der Waals surface area contributed by atoms with Crippen LogP contribution in [0.5, 0.6) is 0 Å². The van der Waals surface area contributed by atoms with Gasteiger partial charge in [-0.15, -0.1) is 0 Å². The molecule has 0 spiro atoms. The molecule has 4 nitrogen and oxygen atoms in total. The van der Waals surface area contributed by atoms with Crippen molar-refractivity contribution in [2.75, 3.05) is 12.3 Å². The lowest BCUT2D eigenvalue weighted by atomic mass is 10.2. The first kappa shape index (κ1) is 11.8. The maximum atomic E-state index is 11.6. The Hall–Kier alpha value is -0.710. The first-order valence-electron chi connectivity index (χ1n) is 5.80. The van der Waals surface area contributed by atoms with Gasteiger partial charge in [-0.05, 0) is 25.0 Å². The van der Waals surface area contributed by atoms with Gasteiger partial charge in [0.05, 0.1) is 11.8 Å². The highest BCUT2D eigenvalue weighted by molar-refractivity contribution is 7.99. The van der Waals surface area contributed by atoms with Gasteiger partial charge in [0.2, 0.25) is 5.91 Å². The molecule has 1 amide bonds. The molecule has 3 unspecified atom stereocenters. The first-order valence-corrected chi connectivity index (χ1v) is 6.85. The summed E-state index contributed by atoms with van der Waals surface area (Å²) in [6.07, 6.45) is 4.20. The van der Waals surface area contributed by atoms with E-state index < -0.39 is 11.9 Å². The van der Waals surface area contributed by atoms with E-state index >= 15 is 0 Å². The quantitative estimate of drug-likeness (QED) is 0.776. The number of carbonyl (C=O) groups is 2. The van der Waals surface area contributed by atoms with E-state index in [0.29, 0.717) is 18.2 Å². The van der Waals surface area contributed by atoms with Gasteiger partial charge in [0.1, 0.15) is 0 Å². The average molecular weight is 243 g/mol. The second kappa shape index (κ2) is 5.08. The number of carboxylic acids is 1. The third-order valence-corrected chi connectivity index (χ3v) is 4.62. The van der Waals surface area contributed by atoms with Crippen LogP contribution in [0.3, 0.4) is 0 Å². The molecular formula is C11H17NO3S. The van der Waals surface area contributed by atoms with E-state index in [1.54, 1.807) is 0 Å². The van der Waals surface area contributed by atoms with Gasteiger partial charge in [-0.25, -0.2) is 0 Å². The number of amides is 1. The molecule has 1 heterocycles. The van der Waals surface area contributed by atoms with Crippen molar-refractivity contribution in [2.45, 2.75) is 30.9 Å². The Bertz CT molecular complexity index is 289. The second-order valence-corrected chi connectivity index (χ2v) is 5.93. The van der Waals surface area contributed by atoms with Crippen molar-refractivity contribution in [3.05, 3.63) is 0 Å². The smallest absolute Gasteiger partial charge is 0.307 e. The molecule has 1 aliphatic heterocycles. The minimum Gasteiger partial charge on any atom is -0.481 e. The molecule has 1 saturated heterocycles. The summed E-state index contributed by atoms with van der Waals surface area (Å²) < 4.78 is 0. The molecular weight excluding hydrogens is 226 g/mol. The molecule has 16 heavy (non-hydrogen) atoms. The number of carbonyl (C=O) groups excluding carboxylic acids is 1. The van der Waals surface area contributed by atoms with Crippen molar-refractivity contribution in [3.63, 3.8) is 0 Å². The summed E-state index contributed by atoms with van der Waals surface area (Å²) in [7, 11) is 0. The van der Waals surface area contributed by atoms with Gasteiger partial charge in [-0.3, -0.25) is 9.59 Å². The van der Waals surface area contributed by atoms with Crippen LogP contribution in [0.25, 0.3) is 0 Å². The van der Waals surface area contributed by atoms with Crippen molar-refractivity contribution in [1.82, 2.24) is 5.32 Å². The van der Waals surface area contributed by atoms with Gasteiger partial charge >= 0.3 is 5.97 Å². The van der Waals surface area contributed by atoms with E-state index in [1.165, 1.54) is 18.6 Å². The summed E-state index contributed by atoms with van der Waals surface area (Å²) in [6, 6.07) is 0. The number of thioether (sulfide) groups is 1. The van der Waals surface area contributed by atoms with Crippen LogP contribution >= 0.6 is 11.8 Å². The van der Waals surface area contributed by atoms with Gasteiger partial charge in [0.25, 0.3) is 0 Å². The van der Waals surface area contributed by atoms with Gasteiger partial charge in [0.15, 0.2) is 0 Å². The van der Waals surface area contributed by atoms with Crippen LogP contribution in [0, 0.1) is 11.8 Å².